The van der Waals surface area contributed by atoms with Crippen molar-refractivity contribution in [2.24, 2.45) is 0 Å². The zero-order valence-electron chi connectivity index (χ0n) is 12.6. The van der Waals surface area contributed by atoms with E-state index in [0.29, 0.717) is 16.3 Å². The van der Waals surface area contributed by atoms with Crippen molar-refractivity contribution in [2.45, 2.75) is 17.1 Å². The summed E-state index contributed by atoms with van der Waals surface area (Å²) >= 11 is 8.98. The van der Waals surface area contributed by atoms with Crippen molar-refractivity contribution < 1.29 is 14.2 Å². The summed E-state index contributed by atoms with van der Waals surface area (Å²) in [5, 5.41) is 10.7. The predicted molar refractivity (Wildman–Crippen MR) is 97.4 cm³/mol. The fraction of sp³-hybridized carbons (Fsp3) is 0.235. The van der Waals surface area contributed by atoms with E-state index in [4.69, 9.17) is 16.3 Å². The normalized spacial score (nSPS) is 12.6. The first kappa shape index (κ1) is 17.6. The predicted octanol–water partition coefficient (Wildman–Crippen LogP) is 4.76. The molecular weight excluding hydrogens is 369 g/mol. The van der Waals surface area contributed by atoms with E-state index >= 15 is 0 Å². The Hall–Kier alpha value is -1.18. The Morgan fingerprint density at radius 3 is 2.96 bits per heavy atom. The molecule has 0 unspecified atom stereocenters. The van der Waals surface area contributed by atoms with Gasteiger partial charge in [0.05, 0.1) is 29.5 Å². The second kappa shape index (κ2) is 8.27. The number of rotatable bonds is 7. The molecule has 0 spiro atoms. The number of fused-ring (bicyclic) bond motifs is 1. The molecule has 0 radical (unpaired) electrons. The maximum atomic E-state index is 13.5. The highest BCUT2D eigenvalue weighted by Crippen LogP contribution is 2.31. The number of aromatic nitrogens is 1. The Labute approximate surface area is 152 Å². The van der Waals surface area contributed by atoms with E-state index in [1.54, 1.807) is 29.5 Å². The fourth-order valence-corrected chi connectivity index (χ4v) is 4.22. The summed E-state index contributed by atoms with van der Waals surface area (Å²) in [5.41, 5.74) is 1.35. The molecule has 3 rings (SSSR count). The summed E-state index contributed by atoms with van der Waals surface area (Å²) in [4.78, 5) is 4.48. The average Bonchev–Trinajstić information content (AvgIpc) is 2.97. The quantitative estimate of drug-likeness (QED) is 0.597. The van der Waals surface area contributed by atoms with Crippen molar-refractivity contribution in [3.05, 3.63) is 58.9 Å². The first-order valence-electron chi connectivity index (χ1n) is 7.30. The van der Waals surface area contributed by atoms with Crippen molar-refractivity contribution in [2.75, 3.05) is 12.4 Å². The van der Waals surface area contributed by atoms with E-state index in [2.05, 4.69) is 4.98 Å². The van der Waals surface area contributed by atoms with E-state index in [1.165, 1.54) is 17.8 Å². The van der Waals surface area contributed by atoms with Gasteiger partial charge in [0.15, 0.2) is 4.34 Å². The van der Waals surface area contributed by atoms with E-state index in [1.807, 2.05) is 18.2 Å². The van der Waals surface area contributed by atoms with Crippen LogP contribution in [0.5, 0.6) is 0 Å². The lowest BCUT2D eigenvalue weighted by molar-refractivity contribution is 0.0387. The lowest BCUT2D eigenvalue weighted by Gasteiger charge is -2.10. The van der Waals surface area contributed by atoms with Crippen molar-refractivity contribution in [3.63, 3.8) is 0 Å². The third-order valence-electron chi connectivity index (χ3n) is 3.25. The Balaban J connectivity index is 1.46. The number of aliphatic hydroxyl groups is 1. The third kappa shape index (κ3) is 4.68. The Morgan fingerprint density at radius 2 is 2.12 bits per heavy atom. The van der Waals surface area contributed by atoms with E-state index in [9.17, 15) is 9.50 Å². The van der Waals surface area contributed by atoms with Gasteiger partial charge in [-0.2, -0.15) is 0 Å². The minimum Gasteiger partial charge on any atom is -0.390 e. The van der Waals surface area contributed by atoms with Crippen LogP contribution in [-0.2, 0) is 11.3 Å². The molecule has 1 heterocycles. The van der Waals surface area contributed by atoms with Gasteiger partial charge < -0.3 is 9.84 Å². The molecule has 1 N–H and O–H groups in total. The lowest BCUT2D eigenvalue weighted by Crippen LogP contribution is -2.18. The van der Waals surface area contributed by atoms with Crippen LogP contribution in [0.15, 0.2) is 46.8 Å². The minimum absolute atomic E-state index is 0.147. The maximum Gasteiger partial charge on any atom is 0.151 e. The second-order valence-corrected chi connectivity index (χ2v) is 7.90. The smallest absolute Gasteiger partial charge is 0.151 e. The van der Waals surface area contributed by atoms with E-state index in [-0.39, 0.29) is 19.0 Å². The topological polar surface area (TPSA) is 42.4 Å². The van der Waals surface area contributed by atoms with Crippen LogP contribution in [0.3, 0.4) is 0 Å². The summed E-state index contributed by atoms with van der Waals surface area (Å²) < 4.78 is 20.8. The highest BCUT2D eigenvalue weighted by Gasteiger charge is 2.10. The summed E-state index contributed by atoms with van der Waals surface area (Å²) in [7, 11) is 0. The first-order valence-corrected chi connectivity index (χ1v) is 9.48. The average molecular weight is 384 g/mol. The number of benzene rings is 2. The van der Waals surface area contributed by atoms with Gasteiger partial charge in [0, 0.05) is 16.3 Å². The van der Waals surface area contributed by atoms with E-state index < -0.39 is 6.10 Å². The van der Waals surface area contributed by atoms with Gasteiger partial charge in [-0.25, -0.2) is 9.37 Å². The first-order chi connectivity index (χ1) is 11.6. The minimum atomic E-state index is -0.641. The molecular formula is C17H15ClFNO2S2. The van der Waals surface area contributed by atoms with Crippen molar-refractivity contribution >= 4 is 44.9 Å². The molecule has 0 aliphatic rings. The molecule has 0 amide bonds. The zero-order chi connectivity index (χ0) is 16.9. The molecule has 3 nitrogen and oxygen atoms in total. The summed E-state index contributed by atoms with van der Waals surface area (Å²) in [6, 6.07) is 12.1. The van der Waals surface area contributed by atoms with Gasteiger partial charge >= 0.3 is 0 Å². The second-order valence-electron chi connectivity index (χ2n) is 5.16. The number of hydrogen-bond acceptors (Lipinski definition) is 5. The Morgan fingerprint density at radius 1 is 1.29 bits per heavy atom. The molecule has 7 heteroatoms. The maximum absolute atomic E-state index is 13.5. The van der Waals surface area contributed by atoms with Gasteiger partial charge in [0.2, 0.25) is 0 Å². The summed E-state index contributed by atoms with van der Waals surface area (Å²) in [5.74, 6) is 0.166. The van der Waals surface area contributed by atoms with Crippen LogP contribution < -0.4 is 0 Å². The molecule has 1 atom stereocenters. The zero-order valence-corrected chi connectivity index (χ0v) is 15.0. The molecule has 0 aliphatic carbocycles. The number of ether oxygens (including phenoxy) is 1. The van der Waals surface area contributed by atoms with Gasteiger partial charge in [-0.15, -0.1) is 11.3 Å². The highest BCUT2D eigenvalue weighted by molar-refractivity contribution is 8.01. The number of halogens is 2. The van der Waals surface area contributed by atoms with Gasteiger partial charge in [-0.05, 0) is 24.3 Å². The highest BCUT2D eigenvalue weighted by atomic mass is 35.5. The number of hydrogen-bond donors (Lipinski definition) is 1. The monoisotopic (exact) mass is 383 g/mol. The Bertz CT molecular complexity index is 827. The molecule has 126 valence electrons. The Kier molecular flexibility index (Phi) is 6.08. The SMILES string of the molecule is O[C@H](COCc1ccccc1F)CSc1nc2cc(Cl)ccc2s1. The van der Waals surface area contributed by atoms with Crippen LogP contribution in [0.25, 0.3) is 10.2 Å². The van der Waals surface area contributed by atoms with Crippen LogP contribution >= 0.6 is 34.7 Å². The summed E-state index contributed by atoms with van der Waals surface area (Å²) in [6.45, 7) is 0.298. The standard InChI is InChI=1S/C17H15ClFNO2S2/c18-12-5-6-16-15(7-12)20-17(24-16)23-10-13(21)9-22-8-11-3-1-2-4-14(11)19/h1-7,13,21H,8-10H2/t13-/m1/s1. The van der Waals surface area contributed by atoms with E-state index in [0.717, 1.165) is 14.6 Å². The molecule has 0 saturated heterocycles. The van der Waals surface area contributed by atoms with Gasteiger partial charge in [0.25, 0.3) is 0 Å². The molecule has 2 aromatic carbocycles. The fourth-order valence-electron chi connectivity index (χ4n) is 2.08. The molecule has 24 heavy (non-hydrogen) atoms. The van der Waals surface area contributed by atoms with Crippen molar-refractivity contribution in [1.29, 1.82) is 0 Å². The van der Waals surface area contributed by atoms with Crippen LogP contribution in [-0.4, -0.2) is 28.6 Å². The lowest BCUT2D eigenvalue weighted by atomic mass is 10.2. The van der Waals surface area contributed by atoms with Crippen LogP contribution in [0, 0.1) is 5.82 Å². The largest absolute Gasteiger partial charge is 0.390 e. The molecule has 0 bridgehead atoms. The number of nitrogens with zero attached hydrogens (tertiary/aromatic N) is 1. The molecule has 3 aromatic rings. The molecule has 0 aliphatic heterocycles. The van der Waals surface area contributed by atoms with Crippen LogP contribution in [0.4, 0.5) is 4.39 Å². The number of thioether (sulfide) groups is 1. The van der Waals surface area contributed by atoms with Crippen molar-refractivity contribution in [3.8, 4) is 0 Å². The van der Waals surface area contributed by atoms with Crippen molar-refractivity contribution in [1.82, 2.24) is 4.98 Å². The summed E-state index contributed by atoms with van der Waals surface area (Å²) in [6.07, 6.45) is -0.641. The molecule has 0 saturated carbocycles. The van der Waals surface area contributed by atoms with Crippen LogP contribution in [0.1, 0.15) is 5.56 Å². The van der Waals surface area contributed by atoms with Crippen LogP contribution in [0.2, 0.25) is 5.02 Å². The third-order valence-corrected chi connectivity index (χ3v) is 5.81. The molecule has 1 aromatic heterocycles. The van der Waals surface area contributed by atoms with Gasteiger partial charge in [0.1, 0.15) is 5.82 Å². The number of thiazole rings is 1. The number of aliphatic hydroxyl groups excluding tert-OH is 1. The van der Waals surface area contributed by atoms with Gasteiger partial charge in [-0.1, -0.05) is 41.6 Å². The molecule has 0 fully saturated rings. The van der Waals surface area contributed by atoms with Gasteiger partial charge in [-0.3, -0.25) is 0 Å².